The number of carbonyl (C=O) groups is 1. The van der Waals surface area contributed by atoms with Gasteiger partial charge in [0.1, 0.15) is 6.10 Å². The molecule has 0 heterocycles. The zero-order valence-electron chi connectivity index (χ0n) is 13.8. The van der Waals surface area contributed by atoms with Crippen molar-refractivity contribution in [1.29, 1.82) is 0 Å². The van der Waals surface area contributed by atoms with Crippen molar-refractivity contribution in [2.24, 2.45) is 5.16 Å². The van der Waals surface area contributed by atoms with E-state index in [9.17, 15) is 13.6 Å². The topological polar surface area (TPSA) is 50.7 Å². The van der Waals surface area contributed by atoms with Crippen molar-refractivity contribution < 1.29 is 18.4 Å². The van der Waals surface area contributed by atoms with E-state index in [0.29, 0.717) is 5.56 Å². The van der Waals surface area contributed by atoms with Crippen molar-refractivity contribution in [3.63, 3.8) is 0 Å². The van der Waals surface area contributed by atoms with E-state index in [-0.39, 0.29) is 29.8 Å². The standard InChI is InChI=1S/C19H18F2N2O2/c1-12-7-10-15(20)18(21)17(12)19(23-25-14-8-9-14)22-16(24)11-13-5-3-2-4-6-13/h2-7,10,14H,8-9,11H2,1H3,(H,22,23,24). The lowest BCUT2D eigenvalue weighted by molar-refractivity contribution is -0.119. The highest BCUT2D eigenvalue weighted by molar-refractivity contribution is 6.09. The van der Waals surface area contributed by atoms with E-state index < -0.39 is 11.6 Å². The van der Waals surface area contributed by atoms with Gasteiger partial charge in [0.2, 0.25) is 5.91 Å². The molecule has 0 saturated heterocycles. The third-order valence-electron chi connectivity index (χ3n) is 3.82. The van der Waals surface area contributed by atoms with Crippen LogP contribution in [-0.2, 0) is 16.1 Å². The Hall–Kier alpha value is -2.76. The van der Waals surface area contributed by atoms with Gasteiger partial charge < -0.3 is 10.2 Å². The Morgan fingerprint density at radius 2 is 1.92 bits per heavy atom. The van der Waals surface area contributed by atoms with Crippen molar-refractivity contribution in [2.45, 2.75) is 32.3 Å². The van der Waals surface area contributed by atoms with Gasteiger partial charge in [0.25, 0.3) is 0 Å². The summed E-state index contributed by atoms with van der Waals surface area (Å²) in [5.74, 6) is -2.55. The van der Waals surface area contributed by atoms with Gasteiger partial charge in [0.05, 0.1) is 12.0 Å². The minimum atomic E-state index is -1.06. The first kappa shape index (κ1) is 17.1. The predicted molar refractivity (Wildman–Crippen MR) is 90.0 cm³/mol. The second-order valence-electron chi connectivity index (χ2n) is 6.01. The quantitative estimate of drug-likeness (QED) is 0.513. The Bertz CT molecular complexity index is 803. The fraction of sp³-hybridized carbons (Fsp3) is 0.263. The van der Waals surface area contributed by atoms with Crippen LogP contribution in [0.4, 0.5) is 8.78 Å². The zero-order chi connectivity index (χ0) is 17.8. The maximum absolute atomic E-state index is 14.3. The molecule has 1 fully saturated rings. The summed E-state index contributed by atoms with van der Waals surface area (Å²) in [7, 11) is 0. The summed E-state index contributed by atoms with van der Waals surface area (Å²) in [6.07, 6.45) is 1.79. The number of nitrogens with one attached hydrogen (secondary N) is 1. The minimum absolute atomic E-state index is 0.0297. The summed E-state index contributed by atoms with van der Waals surface area (Å²) in [5.41, 5.74) is 1.16. The lowest BCUT2D eigenvalue weighted by atomic mass is 10.1. The Morgan fingerprint density at radius 1 is 1.20 bits per heavy atom. The van der Waals surface area contributed by atoms with Crippen molar-refractivity contribution >= 4 is 11.7 Å². The van der Waals surface area contributed by atoms with E-state index in [0.717, 1.165) is 24.5 Å². The van der Waals surface area contributed by atoms with Gasteiger partial charge >= 0.3 is 0 Å². The van der Waals surface area contributed by atoms with Crippen LogP contribution in [0.2, 0.25) is 0 Å². The van der Waals surface area contributed by atoms with E-state index in [1.807, 2.05) is 30.3 Å². The third kappa shape index (κ3) is 4.41. The van der Waals surface area contributed by atoms with Gasteiger partial charge in [-0.3, -0.25) is 4.79 Å². The highest BCUT2D eigenvalue weighted by Crippen LogP contribution is 2.24. The highest BCUT2D eigenvalue weighted by Gasteiger charge is 2.25. The van der Waals surface area contributed by atoms with Crippen LogP contribution in [-0.4, -0.2) is 17.8 Å². The smallest absolute Gasteiger partial charge is 0.230 e. The molecule has 4 nitrogen and oxygen atoms in total. The first-order chi connectivity index (χ1) is 12.0. The molecule has 1 amide bonds. The van der Waals surface area contributed by atoms with Gasteiger partial charge in [0, 0.05) is 0 Å². The molecule has 1 aliphatic rings. The number of hydrogen-bond donors (Lipinski definition) is 1. The molecular formula is C19H18F2N2O2. The Morgan fingerprint density at radius 3 is 2.60 bits per heavy atom. The van der Waals surface area contributed by atoms with Crippen molar-refractivity contribution in [1.82, 2.24) is 5.32 Å². The number of carbonyl (C=O) groups excluding carboxylic acids is 1. The monoisotopic (exact) mass is 344 g/mol. The van der Waals surface area contributed by atoms with Gasteiger partial charge in [0.15, 0.2) is 17.5 Å². The molecule has 0 atom stereocenters. The average Bonchev–Trinajstić information content (AvgIpc) is 3.41. The SMILES string of the molecule is Cc1ccc(F)c(F)c1/C(=N/OC1CC1)NC(=O)Cc1ccccc1. The van der Waals surface area contributed by atoms with E-state index in [1.54, 1.807) is 6.92 Å². The lowest BCUT2D eigenvalue weighted by Crippen LogP contribution is -2.34. The molecule has 0 radical (unpaired) electrons. The average molecular weight is 344 g/mol. The van der Waals surface area contributed by atoms with Gasteiger partial charge in [-0.2, -0.15) is 0 Å². The molecule has 130 valence electrons. The summed E-state index contributed by atoms with van der Waals surface area (Å²) in [5, 5.41) is 6.43. The minimum Gasteiger partial charge on any atom is -0.391 e. The molecule has 6 heteroatoms. The van der Waals surface area contributed by atoms with Crippen LogP contribution in [0.15, 0.2) is 47.6 Å². The van der Waals surface area contributed by atoms with Gasteiger partial charge in [-0.25, -0.2) is 8.78 Å². The van der Waals surface area contributed by atoms with Crippen molar-refractivity contribution in [3.05, 3.63) is 70.8 Å². The largest absolute Gasteiger partial charge is 0.391 e. The summed E-state index contributed by atoms with van der Waals surface area (Å²) in [6.45, 7) is 1.62. The number of nitrogens with zero attached hydrogens (tertiary/aromatic N) is 1. The molecule has 0 bridgehead atoms. The second kappa shape index (κ2) is 7.42. The summed E-state index contributed by atoms with van der Waals surface area (Å²) in [6, 6.07) is 11.6. The molecule has 1 N–H and O–H groups in total. The Balaban J connectivity index is 1.84. The van der Waals surface area contributed by atoms with Crippen LogP contribution in [0.25, 0.3) is 0 Å². The fourth-order valence-electron chi connectivity index (χ4n) is 2.33. The third-order valence-corrected chi connectivity index (χ3v) is 3.82. The van der Waals surface area contributed by atoms with E-state index in [2.05, 4.69) is 10.5 Å². The molecule has 0 unspecified atom stereocenters. The van der Waals surface area contributed by atoms with E-state index in [1.165, 1.54) is 6.07 Å². The number of oxime groups is 1. The number of amidine groups is 1. The molecule has 2 aromatic carbocycles. The highest BCUT2D eigenvalue weighted by atomic mass is 19.2. The molecule has 1 saturated carbocycles. The number of hydrogen-bond acceptors (Lipinski definition) is 3. The molecule has 0 aliphatic heterocycles. The summed E-state index contributed by atoms with van der Waals surface area (Å²) >= 11 is 0. The Labute approximate surface area is 144 Å². The maximum atomic E-state index is 14.3. The fourth-order valence-corrected chi connectivity index (χ4v) is 2.33. The first-order valence-electron chi connectivity index (χ1n) is 8.07. The van der Waals surface area contributed by atoms with Gasteiger partial charge in [-0.1, -0.05) is 41.6 Å². The van der Waals surface area contributed by atoms with Crippen molar-refractivity contribution in [2.75, 3.05) is 0 Å². The zero-order valence-corrected chi connectivity index (χ0v) is 13.8. The summed E-state index contributed by atoms with van der Waals surface area (Å²) < 4.78 is 27.9. The number of amides is 1. The molecule has 0 aromatic heterocycles. The molecule has 2 aromatic rings. The first-order valence-corrected chi connectivity index (χ1v) is 8.07. The number of halogens is 2. The molecular weight excluding hydrogens is 326 g/mol. The van der Waals surface area contributed by atoms with Crippen LogP contribution in [0.1, 0.15) is 29.5 Å². The van der Waals surface area contributed by atoms with E-state index >= 15 is 0 Å². The molecule has 3 rings (SSSR count). The van der Waals surface area contributed by atoms with Crippen LogP contribution in [0, 0.1) is 18.6 Å². The van der Waals surface area contributed by atoms with Gasteiger partial charge in [-0.15, -0.1) is 0 Å². The molecule has 0 spiro atoms. The van der Waals surface area contributed by atoms with Crippen LogP contribution >= 0.6 is 0 Å². The maximum Gasteiger partial charge on any atom is 0.230 e. The summed E-state index contributed by atoms with van der Waals surface area (Å²) in [4.78, 5) is 17.6. The number of aryl methyl sites for hydroxylation is 1. The van der Waals surface area contributed by atoms with Crippen LogP contribution in [0.5, 0.6) is 0 Å². The molecule has 1 aliphatic carbocycles. The van der Waals surface area contributed by atoms with Gasteiger partial charge in [-0.05, 0) is 37.0 Å². The van der Waals surface area contributed by atoms with Crippen molar-refractivity contribution in [3.8, 4) is 0 Å². The Kier molecular flexibility index (Phi) is 5.07. The number of rotatable bonds is 5. The van der Waals surface area contributed by atoms with E-state index in [4.69, 9.17) is 4.84 Å². The lowest BCUT2D eigenvalue weighted by Gasteiger charge is -2.12. The van der Waals surface area contributed by atoms with Crippen LogP contribution < -0.4 is 5.32 Å². The van der Waals surface area contributed by atoms with Crippen LogP contribution in [0.3, 0.4) is 0 Å². The molecule has 25 heavy (non-hydrogen) atoms. The number of benzene rings is 2. The normalized spacial score (nSPS) is 14.3. The predicted octanol–water partition coefficient (Wildman–Crippen LogP) is 3.47. The second-order valence-corrected chi connectivity index (χ2v) is 6.01.